The standard InChI is InChI=1S/C15H19ClN2O4/c1-18-12(19)9-22-14(15(20)17-7-8-21-2)13(18)10-3-5-11(16)6-4-10/h3-6,13-14H,7-9H2,1-2H3,(H,17,20)/t13-,14-/m1/s1. The summed E-state index contributed by atoms with van der Waals surface area (Å²) in [6.07, 6.45) is -0.763. The molecule has 0 bridgehead atoms. The smallest absolute Gasteiger partial charge is 0.251 e. The normalized spacial score (nSPS) is 21.8. The Morgan fingerprint density at radius 1 is 1.45 bits per heavy atom. The van der Waals surface area contributed by atoms with Crippen molar-refractivity contribution in [3.8, 4) is 0 Å². The predicted octanol–water partition coefficient (Wildman–Crippen LogP) is 1.00. The van der Waals surface area contributed by atoms with Crippen molar-refractivity contribution in [3.05, 3.63) is 34.9 Å². The molecule has 1 saturated heterocycles. The topological polar surface area (TPSA) is 67.9 Å². The second kappa shape index (κ2) is 7.58. The summed E-state index contributed by atoms with van der Waals surface area (Å²) in [5.74, 6) is -0.433. The van der Waals surface area contributed by atoms with Gasteiger partial charge in [0.25, 0.3) is 5.91 Å². The minimum atomic E-state index is -0.763. The molecule has 2 atom stereocenters. The van der Waals surface area contributed by atoms with Crippen molar-refractivity contribution in [1.29, 1.82) is 0 Å². The Morgan fingerprint density at radius 3 is 2.77 bits per heavy atom. The number of hydrogen-bond acceptors (Lipinski definition) is 4. The highest BCUT2D eigenvalue weighted by Gasteiger charge is 2.39. The number of nitrogens with one attached hydrogen (secondary N) is 1. The number of ether oxygens (including phenoxy) is 2. The predicted molar refractivity (Wildman–Crippen MR) is 81.6 cm³/mol. The highest BCUT2D eigenvalue weighted by molar-refractivity contribution is 6.30. The van der Waals surface area contributed by atoms with Gasteiger partial charge in [-0.15, -0.1) is 0 Å². The van der Waals surface area contributed by atoms with E-state index in [4.69, 9.17) is 21.1 Å². The zero-order valence-electron chi connectivity index (χ0n) is 12.5. The van der Waals surface area contributed by atoms with E-state index in [-0.39, 0.29) is 18.4 Å². The van der Waals surface area contributed by atoms with Crippen LogP contribution in [-0.2, 0) is 19.1 Å². The van der Waals surface area contributed by atoms with Crippen LogP contribution in [-0.4, -0.2) is 56.7 Å². The number of rotatable bonds is 5. The highest BCUT2D eigenvalue weighted by Crippen LogP contribution is 2.29. The molecular weight excluding hydrogens is 308 g/mol. The molecule has 1 aliphatic heterocycles. The molecule has 6 nitrogen and oxygen atoms in total. The van der Waals surface area contributed by atoms with Gasteiger partial charge in [0.2, 0.25) is 5.91 Å². The SMILES string of the molecule is COCCNC(=O)[C@@H]1OCC(=O)N(C)[C@@H]1c1ccc(Cl)cc1. The van der Waals surface area contributed by atoms with Crippen LogP contribution in [0, 0.1) is 0 Å². The fourth-order valence-corrected chi connectivity index (χ4v) is 2.49. The molecule has 7 heteroatoms. The quantitative estimate of drug-likeness (QED) is 0.820. The van der Waals surface area contributed by atoms with Crippen LogP contribution < -0.4 is 5.32 Å². The van der Waals surface area contributed by atoms with E-state index in [0.717, 1.165) is 5.56 Å². The summed E-state index contributed by atoms with van der Waals surface area (Å²) >= 11 is 5.89. The van der Waals surface area contributed by atoms with E-state index in [1.807, 2.05) is 0 Å². The fraction of sp³-hybridized carbons (Fsp3) is 0.467. The number of benzene rings is 1. The summed E-state index contributed by atoms with van der Waals surface area (Å²) in [6.45, 7) is 0.696. The first kappa shape index (κ1) is 16.7. The summed E-state index contributed by atoms with van der Waals surface area (Å²) in [5, 5.41) is 3.34. The number of hydrogen-bond donors (Lipinski definition) is 1. The number of carbonyl (C=O) groups excluding carboxylic acids is 2. The Balaban J connectivity index is 2.20. The molecule has 1 aromatic carbocycles. The van der Waals surface area contributed by atoms with Crippen LogP contribution in [0.2, 0.25) is 5.02 Å². The zero-order chi connectivity index (χ0) is 16.1. The van der Waals surface area contributed by atoms with Crippen LogP contribution >= 0.6 is 11.6 Å². The molecule has 1 aliphatic rings. The molecule has 0 radical (unpaired) electrons. The maximum absolute atomic E-state index is 12.3. The molecule has 1 N–H and O–H groups in total. The number of amides is 2. The number of halogens is 1. The number of carbonyl (C=O) groups is 2. The lowest BCUT2D eigenvalue weighted by Crippen LogP contribution is -2.53. The van der Waals surface area contributed by atoms with Crippen molar-refractivity contribution in [2.45, 2.75) is 12.1 Å². The number of morpholine rings is 1. The number of likely N-dealkylation sites (N-methyl/N-ethyl adjacent to an activating group) is 1. The molecule has 0 saturated carbocycles. The van der Waals surface area contributed by atoms with E-state index in [0.29, 0.717) is 18.2 Å². The van der Waals surface area contributed by atoms with E-state index in [1.54, 1.807) is 38.4 Å². The summed E-state index contributed by atoms with van der Waals surface area (Å²) in [5.41, 5.74) is 0.798. The molecule has 120 valence electrons. The van der Waals surface area contributed by atoms with Gasteiger partial charge < -0.3 is 19.7 Å². The Morgan fingerprint density at radius 2 is 2.14 bits per heavy atom. The van der Waals surface area contributed by atoms with E-state index in [1.165, 1.54) is 4.90 Å². The lowest BCUT2D eigenvalue weighted by Gasteiger charge is -2.38. The molecule has 2 rings (SSSR count). The summed E-state index contributed by atoms with van der Waals surface area (Å²) < 4.78 is 10.4. The van der Waals surface area contributed by atoms with Gasteiger partial charge in [-0.2, -0.15) is 0 Å². The first-order valence-corrected chi connectivity index (χ1v) is 7.31. The Bertz CT molecular complexity index is 535. The third-order valence-electron chi connectivity index (χ3n) is 3.56. The Kier molecular flexibility index (Phi) is 5.76. The lowest BCUT2D eigenvalue weighted by molar-refractivity contribution is -0.162. The van der Waals surface area contributed by atoms with Gasteiger partial charge >= 0.3 is 0 Å². The largest absolute Gasteiger partial charge is 0.383 e. The summed E-state index contributed by atoms with van der Waals surface area (Å²) in [6, 6.07) is 6.55. The van der Waals surface area contributed by atoms with Crippen LogP contribution in [0.3, 0.4) is 0 Å². The maximum atomic E-state index is 12.3. The second-order valence-corrected chi connectivity index (χ2v) is 5.45. The molecule has 1 fully saturated rings. The molecule has 0 aliphatic carbocycles. The maximum Gasteiger partial charge on any atom is 0.251 e. The van der Waals surface area contributed by atoms with Gasteiger partial charge in [-0.25, -0.2) is 0 Å². The third-order valence-corrected chi connectivity index (χ3v) is 3.81. The highest BCUT2D eigenvalue weighted by atomic mass is 35.5. The molecular formula is C15H19ClN2O4. The van der Waals surface area contributed by atoms with Gasteiger partial charge in [0.05, 0.1) is 12.6 Å². The van der Waals surface area contributed by atoms with Crippen molar-refractivity contribution < 1.29 is 19.1 Å². The Labute approximate surface area is 134 Å². The molecule has 0 spiro atoms. The molecule has 2 amide bonds. The number of methoxy groups -OCH3 is 1. The molecule has 0 unspecified atom stereocenters. The first-order chi connectivity index (χ1) is 10.5. The van der Waals surface area contributed by atoms with Gasteiger partial charge in [-0.05, 0) is 17.7 Å². The fourth-order valence-electron chi connectivity index (χ4n) is 2.37. The average Bonchev–Trinajstić information content (AvgIpc) is 2.51. The van der Waals surface area contributed by atoms with Crippen LogP contribution in [0.4, 0.5) is 0 Å². The van der Waals surface area contributed by atoms with Crippen LogP contribution in [0.1, 0.15) is 11.6 Å². The van der Waals surface area contributed by atoms with Gasteiger partial charge in [-0.1, -0.05) is 23.7 Å². The minimum absolute atomic E-state index is 0.108. The summed E-state index contributed by atoms with van der Waals surface area (Å²) in [4.78, 5) is 25.8. The zero-order valence-corrected chi connectivity index (χ0v) is 13.3. The average molecular weight is 327 g/mol. The van der Waals surface area contributed by atoms with Crippen molar-refractivity contribution in [2.75, 3.05) is 33.9 Å². The van der Waals surface area contributed by atoms with E-state index >= 15 is 0 Å². The van der Waals surface area contributed by atoms with E-state index in [2.05, 4.69) is 5.32 Å². The molecule has 1 aromatic rings. The van der Waals surface area contributed by atoms with Crippen LogP contribution in [0.15, 0.2) is 24.3 Å². The minimum Gasteiger partial charge on any atom is -0.383 e. The van der Waals surface area contributed by atoms with Gasteiger partial charge in [-0.3, -0.25) is 9.59 Å². The summed E-state index contributed by atoms with van der Waals surface area (Å²) in [7, 11) is 3.23. The van der Waals surface area contributed by atoms with Crippen molar-refractivity contribution in [3.63, 3.8) is 0 Å². The van der Waals surface area contributed by atoms with Gasteiger partial charge in [0.15, 0.2) is 6.10 Å². The Hall–Kier alpha value is -1.63. The first-order valence-electron chi connectivity index (χ1n) is 6.94. The van der Waals surface area contributed by atoms with E-state index in [9.17, 15) is 9.59 Å². The van der Waals surface area contributed by atoms with Crippen molar-refractivity contribution in [1.82, 2.24) is 10.2 Å². The second-order valence-electron chi connectivity index (χ2n) is 5.02. The molecule has 1 heterocycles. The van der Waals surface area contributed by atoms with Crippen molar-refractivity contribution in [2.24, 2.45) is 0 Å². The van der Waals surface area contributed by atoms with Crippen molar-refractivity contribution >= 4 is 23.4 Å². The monoisotopic (exact) mass is 326 g/mol. The third kappa shape index (κ3) is 3.76. The molecule has 0 aromatic heterocycles. The van der Waals surface area contributed by atoms with Crippen LogP contribution in [0.5, 0.6) is 0 Å². The van der Waals surface area contributed by atoms with Gasteiger partial charge in [0, 0.05) is 25.7 Å². The lowest BCUT2D eigenvalue weighted by atomic mass is 9.97. The van der Waals surface area contributed by atoms with E-state index < -0.39 is 12.1 Å². The molecule has 22 heavy (non-hydrogen) atoms. The van der Waals surface area contributed by atoms with Crippen LogP contribution in [0.25, 0.3) is 0 Å². The number of nitrogens with zero attached hydrogens (tertiary/aromatic N) is 1. The van der Waals surface area contributed by atoms with Gasteiger partial charge in [0.1, 0.15) is 6.61 Å².